The molecule has 0 spiro atoms. The molecular weight excluding hydrogens is 388 g/mol. The van der Waals surface area contributed by atoms with Crippen molar-refractivity contribution in [3.63, 3.8) is 0 Å². The lowest BCUT2D eigenvalue weighted by atomic mass is 10.1. The predicted molar refractivity (Wildman–Crippen MR) is 127 cm³/mol. The molecule has 0 saturated carbocycles. The Balaban J connectivity index is 1.69. The van der Waals surface area contributed by atoms with E-state index < -0.39 is 0 Å². The second kappa shape index (κ2) is 11.9. The van der Waals surface area contributed by atoms with Crippen LogP contribution in [-0.2, 0) is 17.8 Å². The van der Waals surface area contributed by atoms with E-state index in [1.807, 2.05) is 37.4 Å². The van der Waals surface area contributed by atoms with Crippen LogP contribution in [0.15, 0.2) is 59.7 Å². The van der Waals surface area contributed by atoms with Crippen LogP contribution in [0.2, 0.25) is 0 Å². The highest BCUT2D eigenvalue weighted by Crippen LogP contribution is 2.21. The third-order valence-corrected chi connectivity index (χ3v) is 4.85. The Morgan fingerprint density at radius 2 is 1.87 bits per heavy atom. The van der Waals surface area contributed by atoms with Gasteiger partial charge in [-0.25, -0.2) is 4.99 Å². The maximum Gasteiger partial charge on any atom is 0.191 e. The molecule has 31 heavy (non-hydrogen) atoms. The van der Waals surface area contributed by atoms with Gasteiger partial charge in [-0.15, -0.1) is 0 Å². The topological polar surface area (TPSA) is 67.8 Å². The lowest BCUT2D eigenvalue weighted by Gasteiger charge is -2.14. The number of nitrogens with one attached hydrogen (secondary N) is 2. The number of para-hydroxylation sites is 1. The molecule has 0 fully saturated rings. The molecule has 2 N–H and O–H groups in total. The summed E-state index contributed by atoms with van der Waals surface area (Å²) in [5, 5.41) is 7.91. The van der Waals surface area contributed by atoms with Gasteiger partial charge in [0.15, 0.2) is 5.96 Å². The first-order chi connectivity index (χ1) is 15.2. The van der Waals surface area contributed by atoms with E-state index in [4.69, 9.17) is 14.5 Å². The first-order valence-electron chi connectivity index (χ1n) is 10.9. The molecule has 3 rings (SSSR count). The highest BCUT2D eigenvalue weighted by molar-refractivity contribution is 5.83. The largest absolute Gasteiger partial charge is 0.491 e. The molecule has 6 heteroatoms. The normalized spacial score (nSPS) is 11.5. The summed E-state index contributed by atoms with van der Waals surface area (Å²) in [6, 6.07) is 16.4. The highest BCUT2D eigenvalue weighted by atomic mass is 16.5. The van der Waals surface area contributed by atoms with Gasteiger partial charge in [0.05, 0.1) is 18.7 Å². The lowest BCUT2D eigenvalue weighted by molar-refractivity contribution is 0.110. The number of nitrogens with zero attached hydrogens (tertiary/aromatic N) is 2. The number of rotatable bonds is 10. The molecule has 2 aromatic carbocycles. The number of pyridine rings is 1. The minimum absolute atomic E-state index is 0.524. The number of fused-ring (bicyclic) bond motifs is 1. The smallest absolute Gasteiger partial charge is 0.191 e. The van der Waals surface area contributed by atoms with E-state index in [1.54, 1.807) is 0 Å². The quantitative estimate of drug-likeness (QED) is 0.292. The van der Waals surface area contributed by atoms with Gasteiger partial charge in [0.25, 0.3) is 0 Å². The van der Waals surface area contributed by atoms with Gasteiger partial charge in [-0.1, -0.05) is 30.3 Å². The van der Waals surface area contributed by atoms with Crippen LogP contribution in [0.25, 0.3) is 10.9 Å². The number of ether oxygens (including phenoxy) is 2. The minimum Gasteiger partial charge on any atom is -0.491 e. The molecule has 0 aliphatic rings. The van der Waals surface area contributed by atoms with Crippen molar-refractivity contribution < 1.29 is 9.47 Å². The van der Waals surface area contributed by atoms with Crippen LogP contribution < -0.4 is 15.4 Å². The van der Waals surface area contributed by atoms with Crippen LogP contribution in [0.4, 0.5) is 0 Å². The Labute approximate surface area is 184 Å². The molecule has 1 aromatic heterocycles. The maximum atomic E-state index is 5.95. The van der Waals surface area contributed by atoms with E-state index in [0.29, 0.717) is 32.9 Å². The molecule has 0 bridgehead atoms. The Kier molecular flexibility index (Phi) is 8.67. The van der Waals surface area contributed by atoms with Crippen LogP contribution in [0, 0.1) is 6.92 Å². The molecule has 3 aromatic rings. The van der Waals surface area contributed by atoms with Gasteiger partial charge in [-0.3, -0.25) is 4.98 Å². The number of aliphatic imine (C=N–C) groups is 1. The van der Waals surface area contributed by atoms with Crippen molar-refractivity contribution in [2.75, 3.05) is 26.4 Å². The Morgan fingerprint density at radius 1 is 1.00 bits per heavy atom. The molecule has 164 valence electrons. The number of hydrogen-bond donors (Lipinski definition) is 2. The summed E-state index contributed by atoms with van der Waals surface area (Å²) < 4.78 is 11.3. The van der Waals surface area contributed by atoms with Crippen LogP contribution in [0.1, 0.15) is 30.5 Å². The van der Waals surface area contributed by atoms with Gasteiger partial charge in [-0.2, -0.15) is 0 Å². The Morgan fingerprint density at radius 3 is 2.71 bits per heavy atom. The van der Waals surface area contributed by atoms with E-state index >= 15 is 0 Å². The monoisotopic (exact) mass is 420 g/mol. The molecule has 0 atom stereocenters. The Bertz CT molecular complexity index is 998. The van der Waals surface area contributed by atoms with E-state index in [1.165, 1.54) is 5.56 Å². The van der Waals surface area contributed by atoms with Gasteiger partial charge >= 0.3 is 0 Å². The summed E-state index contributed by atoms with van der Waals surface area (Å²) in [6.07, 6.45) is 1.85. The molecule has 0 aliphatic heterocycles. The molecule has 0 amide bonds. The predicted octanol–water partition coefficient (Wildman–Crippen LogP) is 4.21. The van der Waals surface area contributed by atoms with Crippen molar-refractivity contribution in [1.29, 1.82) is 0 Å². The van der Waals surface area contributed by atoms with E-state index in [-0.39, 0.29) is 0 Å². The third kappa shape index (κ3) is 6.69. The van der Waals surface area contributed by atoms with Gasteiger partial charge in [-0.05, 0) is 50.1 Å². The zero-order valence-corrected chi connectivity index (χ0v) is 18.6. The highest BCUT2D eigenvalue weighted by Gasteiger charge is 2.07. The van der Waals surface area contributed by atoms with Gasteiger partial charge in [0.2, 0.25) is 0 Å². The van der Waals surface area contributed by atoms with Crippen LogP contribution >= 0.6 is 0 Å². The molecule has 0 unspecified atom stereocenters. The minimum atomic E-state index is 0.524. The molecule has 0 saturated heterocycles. The summed E-state index contributed by atoms with van der Waals surface area (Å²) >= 11 is 0. The summed E-state index contributed by atoms with van der Waals surface area (Å²) in [5.74, 6) is 1.63. The van der Waals surface area contributed by atoms with Crippen molar-refractivity contribution in [2.45, 2.75) is 33.9 Å². The van der Waals surface area contributed by atoms with Crippen LogP contribution in [0.5, 0.6) is 5.75 Å². The molecule has 6 nitrogen and oxygen atoms in total. The van der Waals surface area contributed by atoms with Gasteiger partial charge in [0.1, 0.15) is 12.4 Å². The van der Waals surface area contributed by atoms with Crippen LogP contribution in [-0.4, -0.2) is 37.3 Å². The fourth-order valence-corrected chi connectivity index (χ4v) is 3.28. The van der Waals surface area contributed by atoms with E-state index in [2.05, 4.69) is 53.7 Å². The average Bonchev–Trinajstić information content (AvgIpc) is 2.79. The first kappa shape index (κ1) is 22.6. The third-order valence-electron chi connectivity index (χ3n) is 4.85. The zero-order chi connectivity index (χ0) is 21.9. The molecular formula is C25H32N4O2. The molecule has 0 aliphatic carbocycles. The summed E-state index contributed by atoms with van der Waals surface area (Å²) in [6.45, 7) is 9.89. The van der Waals surface area contributed by atoms with Crippen LogP contribution in [0.3, 0.4) is 0 Å². The van der Waals surface area contributed by atoms with E-state index in [9.17, 15) is 0 Å². The molecule has 0 radical (unpaired) electrons. The number of benzene rings is 2. The number of guanidine groups is 1. The number of aromatic nitrogens is 1. The number of aryl methyl sites for hydroxylation is 1. The van der Waals surface area contributed by atoms with Crippen molar-refractivity contribution >= 4 is 16.9 Å². The van der Waals surface area contributed by atoms with Gasteiger partial charge < -0.3 is 20.1 Å². The van der Waals surface area contributed by atoms with Gasteiger partial charge in [0, 0.05) is 36.8 Å². The fraction of sp³-hybridized carbons (Fsp3) is 0.360. The van der Waals surface area contributed by atoms with E-state index in [0.717, 1.165) is 40.3 Å². The van der Waals surface area contributed by atoms with Crippen molar-refractivity contribution in [3.8, 4) is 5.75 Å². The summed E-state index contributed by atoms with van der Waals surface area (Å²) in [7, 11) is 0. The second-order valence-corrected chi connectivity index (χ2v) is 7.19. The fourth-order valence-electron chi connectivity index (χ4n) is 3.28. The lowest BCUT2D eigenvalue weighted by Crippen LogP contribution is -2.36. The Hall–Kier alpha value is -3.12. The van der Waals surface area contributed by atoms with Crippen molar-refractivity contribution in [2.24, 2.45) is 4.99 Å². The molecule has 1 heterocycles. The SMILES string of the molecule is CCNC(=NCc1ccc(C)cc1OCCOCC)NCc1ccnc2ccccc12. The average molecular weight is 421 g/mol. The first-order valence-corrected chi connectivity index (χ1v) is 10.9. The zero-order valence-electron chi connectivity index (χ0n) is 18.6. The summed E-state index contributed by atoms with van der Waals surface area (Å²) in [5.41, 5.74) is 4.39. The van der Waals surface area contributed by atoms with Crippen molar-refractivity contribution in [3.05, 3.63) is 71.4 Å². The number of hydrogen-bond acceptors (Lipinski definition) is 4. The standard InChI is InChI=1S/C25H32N4O2/c1-4-26-25(28-17-20-12-13-27-23-9-7-6-8-22(20)23)29-18-21-11-10-19(3)16-24(21)31-15-14-30-5-2/h6-13,16H,4-5,14-15,17-18H2,1-3H3,(H2,26,28,29). The van der Waals surface area contributed by atoms with Crippen molar-refractivity contribution in [1.82, 2.24) is 15.6 Å². The second-order valence-electron chi connectivity index (χ2n) is 7.19. The maximum absolute atomic E-state index is 5.95. The summed E-state index contributed by atoms with van der Waals surface area (Å²) in [4.78, 5) is 9.22.